The summed E-state index contributed by atoms with van der Waals surface area (Å²) < 4.78 is 49.1. The molecule has 3 aromatic carbocycles. The third kappa shape index (κ3) is 17.4. The van der Waals surface area contributed by atoms with Crippen molar-refractivity contribution in [2.24, 2.45) is 0 Å². The molecule has 12 heteroatoms. The highest BCUT2D eigenvalue weighted by atomic mass is 16.6. The molecule has 3 aromatic rings. The first-order chi connectivity index (χ1) is 29.9. The smallest absolute Gasteiger partial charge is 0.343 e. The molecule has 0 radical (unpaired) electrons. The number of unbranched alkanes of at least 4 members (excludes halogenated alkanes) is 6. The summed E-state index contributed by atoms with van der Waals surface area (Å²) in [4.78, 5) is 41.8. The predicted octanol–water partition coefficient (Wildman–Crippen LogP) is 11.8. The van der Waals surface area contributed by atoms with Crippen molar-refractivity contribution in [3.8, 4) is 46.0 Å². The first-order valence-electron chi connectivity index (χ1n) is 22.9. The molecule has 0 saturated carbocycles. The maximum absolute atomic E-state index is 14.2. The molecule has 0 bridgehead atoms. The van der Waals surface area contributed by atoms with E-state index in [1.54, 1.807) is 24.3 Å². The van der Waals surface area contributed by atoms with Crippen LogP contribution in [0.2, 0.25) is 0 Å². The third-order valence-electron chi connectivity index (χ3n) is 9.47. The molecule has 0 aliphatic heterocycles. The van der Waals surface area contributed by atoms with E-state index < -0.39 is 11.9 Å². The van der Waals surface area contributed by atoms with Gasteiger partial charge in [-0.25, -0.2) is 9.59 Å². The van der Waals surface area contributed by atoms with Crippen molar-refractivity contribution in [1.29, 1.82) is 0 Å². The van der Waals surface area contributed by atoms with Crippen molar-refractivity contribution >= 4 is 17.7 Å². The Morgan fingerprint density at radius 3 is 1.10 bits per heavy atom. The highest BCUT2D eigenvalue weighted by molar-refractivity contribution is 5.99. The normalized spacial score (nSPS) is 11.2. The fraction of sp³-hybridized carbons (Fsp3) is 0.580. The molecule has 0 fully saturated rings. The number of hydrogen-bond acceptors (Lipinski definition) is 12. The van der Waals surface area contributed by atoms with Crippen molar-refractivity contribution in [3.05, 3.63) is 59.2 Å². The summed E-state index contributed by atoms with van der Waals surface area (Å²) in [6.07, 6.45) is 10.4. The van der Waals surface area contributed by atoms with Gasteiger partial charge in [-0.15, -0.1) is 0 Å². The van der Waals surface area contributed by atoms with Gasteiger partial charge in [0.25, 0.3) is 0 Å². The summed E-state index contributed by atoms with van der Waals surface area (Å²) in [6, 6.07) is 10.7. The van der Waals surface area contributed by atoms with Crippen LogP contribution >= 0.6 is 0 Å². The summed E-state index contributed by atoms with van der Waals surface area (Å²) in [7, 11) is 0. The van der Waals surface area contributed by atoms with E-state index in [2.05, 4.69) is 46.9 Å². The van der Waals surface area contributed by atoms with Crippen LogP contribution in [0.25, 0.3) is 0 Å². The van der Waals surface area contributed by atoms with E-state index >= 15 is 0 Å². The van der Waals surface area contributed by atoms with Crippen LogP contribution in [0.15, 0.2) is 42.5 Å². The number of rotatable bonds is 31. The maximum atomic E-state index is 14.2. The first kappa shape index (κ1) is 51.4. The molecular weight excluding hydrogens is 791 g/mol. The molecule has 3 rings (SSSR count). The van der Waals surface area contributed by atoms with E-state index in [0.29, 0.717) is 74.1 Å². The quantitative estimate of drug-likeness (QED) is 0.0285. The van der Waals surface area contributed by atoms with E-state index in [1.807, 2.05) is 20.8 Å². The van der Waals surface area contributed by atoms with E-state index in [1.165, 1.54) is 18.2 Å². The monoisotopic (exact) mass is 864 g/mol. The fourth-order valence-corrected chi connectivity index (χ4v) is 5.66. The van der Waals surface area contributed by atoms with E-state index in [-0.39, 0.29) is 46.1 Å². The van der Waals surface area contributed by atoms with Crippen LogP contribution in [0.3, 0.4) is 0 Å². The predicted molar refractivity (Wildman–Crippen MR) is 244 cm³/mol. The van der Waals surface area contributed by atoms with Gasteiger partial charge >= 0.3 is 11.9 Å². The van der Waals surface area contributed by atoms with E-state index in [4.69, 9.17) is 37.9 Å². The number of carbonyl (C=O) groups is 3. The average Bonchev–Trinajstić information content (AvgIpc) is 3.24. The maximum Gasteiger partial charge on any atom is 0.343 e. The zero-order valence-electron chi connectivity index (χ0n) is 39.0. The van der Waals surface area contributed by atoms with Crippen LogP contribution in [0.1, 0.15) is 170 Å². The number of Topliss-reactive ketones (excluding diaryl/α,β-unsaturated/α-hetero) is 1. The van der Waals surface area contributed by atoms with Crippen molar-refractivity contribution < 1.29 is 52.3 Å². The molecule has 0 heterocycles. The van der Waals surface area contributed by atoms with Gasteiger partial charge in [0.15, 0.2) is 40.3 Å². The van der Waals surface area contributed by atoms with Gasteiger partial charge in [-0.3, -0.25) is 4.79 Å². The highest BCUT2D eigenvalue weighted by Crippen LogP contribution is 2.42. The second kappa shape index (κ2) is 27.9. The largest absolute Gasteiger partial charge is 0.490 e. The Labute approximate surface area is 370 Å². The number of ether oxygens (including phenoxy) is 8. The molecule has 0 aliphatic rings. The minimum absolute atomic E-state index is 0.0285. The Morgan fingerprint density at radius 2 is 0.758 bits per heavy atom. The van der Waals surface area contributed by atoms with Crippen molar-refractivity contribution in [1.82, 2.24) is 5.32 Å². The second-order valence-corrected chi connectivity index (χ2v) is 16.3. The Morgan fingerprint density at radius 1 is 0.435 bits per heavy atom. The van der Waals surface area contributed by atoms with E-state index in [0.717, 1.165) is 77.0 Å². The topological polar surface area (TPSA) is 137 Å². The Bertz CT molecular complexity index is 1770. The van der Waals surface area contributed by atoms with Crippen molar-refractivity contribution in [2.75, 3.05) is 46.2 Å². The molecule has 12 nitrogen and oxygen atoms in total. The van der Waals surface area contributed by atoms with Crippen LogP contribution in [0, 0.1) is 0 Å². The molecule has 0 saturated heterocycles. The minimum Gasteiger partial charge on any atom is -0.490 e. The van der Waals surface area contributed by atoms with Gasteiger partial charge in [-0.05, 0) is 102 Å². The Hall–Kier alpha value is -4.97. The lowest BCUT2D eigenvalue weighted by Gasteiger charge is -2.20. The second-order valence-electron chi connectivity index (χ2n) is 16.3. The number of esters is 2. The van der Waals surface area contributed by atoms with Crippen LogP contribution < -0.4 is 43.2 Å². The van der Waals surface area contributed by atoms with Gasteiger partial charge in [-0.2, -0.15) is 0 Å². The van der Waals surface area contributed by atoms with Crippen LogP contribution in [-0.4, -0.2) is 69.4 Å². The fourth-order valence-electron chi connectivity index (χ4n) is 5.66. The van der Waals surface area contributed by atoms with Crippen LogP contribution in [0.5, 0.6) is 46.0 Å². The van der Waals surface area contributed by atoms with Gasteiger partial charge in [-0.1, -0.05) is 80.1 Å². The summed E-state index contributed by atoms with van der Waals surface area (Å²) in [5, 5.41) is 3.20. The molecule has 0 aromatic heterocycles. The molecule has 0 aliphatic carbocycles. The highest BCUT2D eigenvalue weighted by Gasteiger charge is 2.25. The zero-order valence-corrected chi connectivity index (χ0v) is 39.0. The molecule has 0 atom stereocenters. The Kier molecular flexibility index (Phi) is 23.1. The molecular formula is C50H73NO11. The van der Waals surface area contributed by atoms with Crippen LogP contribution in [0.4, 0.5) is 0 Å². The summed E-state index contributed by atoms with van der Waals surface area (Å²) in [6.45, 7) is 20.9. The molecule has 1 N–H and O–H groups in total. The lowest BCUT2D eigenvalue weighted by atomic mass is 10.1. The number of carbonyl (C=O) groups excluding carboxylic acids is 3. The first-order valence-corrected chi connectivity index (χ1v) is 22.9. The average molecular weight is 864 g/mol. The zero-order chi connectivity index (χ0) is 45.3. The molecule has 0 amide bonds. The summed E-state index contributed by atoms with van der Waals surface area (Å²) in [5.74, 6) is 0.302. The number of nitrogens with one attached hydrogen (secondary N) is 1. The summed E-state index contributed by atoms with van der Waals surface area (Å²) >= 11 is 0. The van der Waals surface area contributed by atoms with Crippen molar-refractivity contribution in [3.63, 3.8) is 0 Å². The molecule has 62 heavy (non-hydrogen) atoms. The van der Waals surface area contributed by atoms with Crippen LogP contribution in [-0.2, 0) is 0 Å². The van der Waals surface area contributed by atoms with Gasteiger partial charge in [0, 0.05) is 11.1 Å². The lowest BCUT2D eigenvalue weighted by molar-refractivity contribution is 0.0681. The molecule has 344 valence electrons. The van der Waals surface area contributed by atoms with Gasteiger partial charge in [0.1, 0.15) is 0 Å². The molecule has 0 spiro atoms. The van der Waals surface area contributed by atoms with Crippen molar-refractivity contribution in [2.45, 2.75) is 145 Å². The Balaban J connectivity index is 2.13. The lowest BCUT2D eigenvalue weighted by Crippen LogP contribution is -2.39. The van der Waals surface area contributed by atoms with Gasteiger partial charge in [0.05, 0.1) is 57.3 Å². The molecule has 0 unspecified atom stereocenters. The summed E-state index contributed by atoms with van der Waals surface area (Å²) in [5.41, 5.74) is 0.188. The SMILES string of the molecule is CCCCOc1cc(C(=O)Oc2ccc(C(=O)CNC(C)(C)C)cc2OC(=O)c2cc(OCCCC)c(OCCCC)c(OCCCC)c2)cc(OCCCC)c1OCCCC. The standard InChI is InChI=1S/C50H73NO11/c1-10-16-24-55-42-31-37(32-43(56-25-17-11-2)46(42)59-28-20-14-5)48(53)61-40-23-22-36(39(52)35-51-50(7,8)9)30-41(40)62-49(54)38-33-44(57-26-18-12-3)47(60-29-21-15-6)45(34-38)58-27-19-13-4/h22-23,30-34,51H,10-21,24-29,35H2,1-9H3. The number of benzene rings is 3. The third-order valence-corrected chi connectivity index (χ3v) is 9.47. The minimum atomic E-state index is -0.785. The van der Waals surface area contributed by atoms with Gasteiger partial charge in [0.2, 0.25) is 11.5 Å². The van der Waals surface area contributed by atoms with Gasteiger partial charge < -0.3 is 43.2 Å². The van der Waals surface area contributed by atoms with E-state index in [9.17, 15) is 14.4 Å². The number of ketones is 1. The number of hydrogen-bond donors (Lipinski definition) is 1.